The van der Waals surface area contributed by atoms with Gasteiger partial charge in [-0.3, -0.25) is 0 Å². The molecule has 1 aromatic heterocycles. The zero-order valence-electron chi connectivity index (χ0n) is 11.8. The summed E-state index contributed by atoms with van der Waals surface area (Å²) in [6.45, 7) is 5.85. The average Bonchev–Trinajstić information content (AvgIpc) is 2.86. The van der Waals surface area contributed by atoms with E-state index in [1.165, 1.54) is 0 Å². The van der Waals surface area contributed by atoms with Crippen LogP contribution in [0.25, 0.3) is 5.69 Å². The van der Waals surface area contributed by atoms with Crippen LogP contribution < -0.4 is 10.1 Å². The SMILES string of the molecule is COc1ccc(Br)cc1-n1nnnc1CNCC(C)C. The fourth-order valence-corrected chi connectivity index (χ4v) is 2.15. The summed E-state index contributed by atoms with van der Waals surface area (Å²) >= 11 is 3.45. The second-order valence-corrected chi connectivity index (χ2v) is 5.76. The Labute approximate surface area is 126 Å². The summed E-state index contributed by atoms with van der Waals surface area (Å²) in [7, 11) is 1.63. The van der Waals surface area contributed by atoms with Gasteiger partial charge < -0.3 is 10.1 Å². The first kappa shape index (κ1) is 14.9. The van der Waals surface area contributed by atoms with Crippen LogP contribution in [0.4, 0.5) is 0 Å². The van der Waals surface area contributed by atoms with E-state index >= 15 is 0 Å². The molecule has 7 heteroatoms. The molecule has 0 aliphatic carbocycles. The Morgan fingerprint density at radius 3 is 2.90 bits per heavy atom. The van der Waals surface area contributed by atoms with Gasteiger partial charge in [0.25, 0.3) is 0 Å². The maximum Gasteiger partial charge on any atom is 0.170 e. The standard InChI is InChI=1S/C13H18BrN5O/c1-9(2)7-15-8-13-16-17-18-19(13)11-6-10(14)4-5-12(11)20-3/h4-6,9,15H,7-8H2,1-3H3. The maximum absolute atomic E-state index is 5.36. The molecule has 2 aromatic rings. The Morgan fingerprint density at radius 1 is 1.40 bits per heavy atom. The fourth-order valence-electron chi connectivity index (χ4n) is 1.80. The molecule has 0 atom stereocenters. The summed E-state index contributed by atoms with van der Waals surface area (Å²) in [6, 6.07) is 5.73. The summed E-state index contributed by atoms with van der Waals surface area (Å²) in [4.78, 5) is 0. The number of nitrogens with one attached hydrogen (secondary N) is 1. The number of nitrogens with zero attached hydrogens (tertiary/aromatic N) is 4. The van der Waals surface area contributed by atoms with E-state index in [0.29, 0.717) is 12.5 Å². The number of hydrogen-bond donors (Lipinski definition) is 1. The molecular weight excluding hydrogens is 322 g/mol. The number of hydrogen-bond acceptors (Lipinski definition) is 5. The molecule has 6 nitrogen and oxygen atoms in total. The summed E-state index contributed by atoms with van der Waals surface area (Å²) in [5, 5.41) is 15.2. The van der Waals surface area contributed by atoms with Crippen LogP contribution in [0.15, 0.2) is 22.7 Å². The summed E-state index contributed by atoms with van der Waals surface area (Å²) < 4.78 is 8.00. The molecule has 0 aliphatic heterocycles. The van der Waals surface area contributed by atoms with Gasteiger partial charge in [0.1, 0.15) is 11.4 Å². The van der Waals surface area contributed by atoms with Gasteiger partial charge in [0, 0.05) is 4.47 Å². The van der Waals surface area contributed by atoms with E-state index in [-0.39, 0.29) is 0 Å². The maximum atomic E-state index is 5.36. The molecule has 0 saturated heterocycles. The Morgan fingerprint density at radius 2 is 2.20 bits per heavy atom. The molecule has 1 heterocycles. The van der Waals surface area contributed by atoms with Crippen molar-refractivity contribution in [2.75, 3.05) is 13.7 Å². The molecule has 0 unspecified atom stereocenters. The van der Waals surface area contributed by atoms with Crippen molar-refractivity contribution in [2.24, 2.45) is 5.92 Å². The van der Waals surface area contributed by atoms with Gasteiger partial charge in [0.05, 0.1) is 13.7 Å². The molecule has 1 aromatic carbocycles. The van der Waals surface area contributed by atoms with Crippen molar-refractivity contribution in [2.45, 2.75) is 20.4 Å². The molecule has 108 valence electrons. The van der Waals surface area contributed by atoms with E-state index in [2.05, 4.69) is 50.6 Å². The van der Waals surface area contributed by atoms with Crippen molar-refractivity contribution >= 4 is 15.9 Å². The van der Waals surface area contributed by atoms with E-state index in [1.807, 2.05) is 18.2 Å². The lowest BCUT2D eigenvalue weighted by atomic mass is 10.2. The minimum atomic E-state index is 0.583. The molecule has 0 saturated carbocycles. The number of aromatic nitrogens is 4. The second-order valence-electron chi connectivity index (χ2n) is 4.85. The first-order valence-corrected chi connectivity index (χ1v) is 7.23. The van der Waals surface area contributed by atoms with Gasteiger partial charge in [-0.05, 0) is 41.1 Å². The predicted octanol–water partition coefficient (Wildman–Crippen LogP) is 2.18. The average molecular weight is 340 g/mol. The number of halogens is 1. The van der Waals surface area contributed by atoms with Crippen LogP contribution in [0.3, 0.4) is 0 Å². The topological polar surface area (TPSA) is 64.9 Å². The van der Waals surface area contributed by atoms with E-state index < -0.39 is 0 Å². The monoisotopic (exact) mass is 339 g/mol. The highest BCUT2D eigenvalue weighted by molar-refractivity contribution is 9.10. The Hall–Kier alpha value is -1.47. The third-order valence-corrected chi connectivity index (χ3v) is 3.23. The van der Waals surface area contributed by atoms with Crippen molar-refractivity contribution in [1.29, 1.82) is 0 Å². The lowest BCUT2D eigenvalue weighted by molar-refractivity contribution is 0.410. The molecule has 0 amide bonds. The van der Waals surface area contributed by atoms with Crippen molar-refractivity contribution in [3.05, 3.63) is 28.5 Å². The van der Waals surface area contributed by atoms with Crippen LogP contribution in [0, 0.1) is 5.92 Å². The number of tetrazole rings is 1. The number of rotatable bonds is 6. The highest BCUT2D eigenvalue weighted by Crippen LogP contribution is 2.26. The first-order chi connectivity index (χ1) is 9.61. The molecule has 1 N–H and O–H groups in total. The molecule has 0 fully saturated rings. The molecule has 0 radical (unpaired) electrons. The van der Waals surface area contributed by atoms with Gasteiger partial charge in [0.15, 0.2) is 5.82 Å². The number of methoxy groups -OCH3 is 1. The van der Waals surface area contributed by atoms with Gasteiger partial charge in [0.2, 0.25) is 0 Å². The summed E-state index contributed by atoms with van der Waals surface area (Å²) in [5.74, 6) is 2.06. The van der Waals surface area contributed by atoms with Gasteiger partial charge in [-0.2, -0.15) is 4.68 Å². The van der Waals surface area contributed by atoms with Gasteiger partial charge in [-0.1, -0.05) is 29.8 Å². The minimum absolute atomic E-state index is 0.583. The molecular formula is C13H18BrN5O. The van der Waals surface area contributed by atoms with Crippen LogP contribution in [-0.4, -0.2) is 33.9 Å². The van der Waals surface area contributed by atoms with Crippen LogP contribution in [0.5, 0.6) is 5.75 Å². The van der Waals surface area contributed by atoms with Crippen molar-refractivity contribution in [3.8, 4) is 11.4 Å². The normalized spacial score (nSPS) is 11.1. The van der Waals surface area contributed by atoms with Crippen molar-refractivity contribution in [1.82, 2.24) is 25.5 Å². The van der Waals surface area contributed by atoms with E-state index in [0.717, 1.165) is 28.3 Å². The van der Waals surface area contributed by atoms with Crippen LogP contribution in [0.2, 0.25) is 0 Å². The summed E-state index contributed by atoms with van der Waals surface area (Å²) in [6.07, 6.45) is 0. The largest absolute Gasteiger partial charge is 0.494 e. The zero-order valence-corrected chi connectivity index (χ0v) is 13.4. The molecule has 0 bridgehead atoms. The number of benzene rings is 1. The zero-order chi connectivity index (χ0) is 14.5. The Bertz CT molecular complexity index is 570. The molecule has 0 aliphatic rings. The van der Waals surface area contributed by atoms with Crippen molar-refractivity contribution < 1.29 is 4.74 Å². The van der Waals surface area contributed by atoms with E-state index in [4.69, 9.17) is 4.74 Å². The highest BCUT2D eigenvalue weighted by Gasteiger charge is 2.13. The third-order valence-electron chi connectivity index (χ3n) is 2.74. The third kappa shape index (κ3) is 3.55. The minimum Gasteiger partial charge on any atom is -0.494 e. The van der Waals surface area contributed by atoms with Crippen LogP contribution in [-0.2, 0) is 6.54 Å². The highest BCUT2D eigenvalue weighted by atomic mass is 79.9. The van der Waals surface area contributed by atoms with Crippen LogP contribution >= 0.6 is 15.9 Å². The lowest BCUT2D eigenvalue weighted by Gasteiger charge is -2.11. The fraction of sp³-hybridized carbons (Fsp3) is 0.462. The Balaban J connectivity index is 2.25. The van der Waals surface area contributed by atoms with Gasteiger partial charge in [-0.25, -0.2) is 0 Å². The molecule has 0 spiro atoms. The smallest absolute Gasteiger partial charge is 0.170 e. The molecule has 20 heavy (non-hydrogen) atoms. The van der Waals surface area contributed by atoms with Crippen molar-refractivity contribution in [3.63, 3.8) is 0 Å². The van der Waals surface area contributed by atoms with E-state index in [1.54, 1.807) is 11.8 Å². The van der Waals surface area contributed by atoms with Gasteiger partial charge in [-0.15, -0.1) is 5.10 Å². The molecule has 2 rings (SSSR count). The quantitative estimate of drug-likeness (QED) is 0.873. The Kier molecular flexibility index (Phi) is 5.08. The first-order valence-electron chi connectivity index (χ1n) is 6.43. The lowest BCUT2D eigenvalue weighted by Crippen LogP contribution is -2.21. The van der Waals surface area contributed by atoms with Gasteiger partial charge >= 0.3 is 0 Å². The second kappa shape index (κ2) is 6.81. The van der Waals surface area contributed by atoms with E-state index in [9.17, 15) is 0 Å². The predicted molar refractivity (Wildman–Crippen MR) is 80.0 cm³/mol. The number of ether oxygens (including phenoxy) is 1. The van der Waals surface area contributed by atoms with Crippen LogP contribution in [0.1, 0.15) is 19.7 Å². The summed E-state index contributed by atoms with van der Waals surface area (Å²) in [5.41, 5.74) is 0.813.